The van der Waals surface area contributed by atoms with E-state index >= 15 is 0 Å². The molecule has 0 radical (unpaired) electrons. The zero-order chi connectivity index (χ0) is 13.2. The fraction of sp³-hybridized carbons (Fsp3) is 0.571. The number of halogens is 3. The molecule has 1 aliphatic heterocycles. The lowest BCUT2D eigenvalue weighted by Crippen LogP contribution is -2.58. The van der Waals surface area contributed by atoms with Gasteiger partial charge in [-0.1, -0.05) is 31.5 Å². The summed E-state index contributed by atoms with van der Waals surface area (Å²) in [5.41, 5.74) is -0.198. The van der Waals surface area contributed by atoms with E-state index in [2.05, 4.69) is 12.2 Å². The van der Waals surface area contributed by atoms with Gasteiger partial charge < -0.3 is 5.32 Å². The van der Waals surface area contributed by atoms with Crippen LogP contribution in [0.4, 0.5) is 13.2 Å². The molecule has 1 heterocycles. The normalized spacial score (nSPS) is 23.8. The maximum Gasteiger partial charge on any atom is 0.416 e. The predicted molar refractivity (Wildman–Crippen MR) is 65.4 cm³/mol. The van der Waals surface area contributed by atoms with Crippen molar-refractivity contribution in [2.75, 3.05) is 6.54 Å². The molecule has 0 saturated carbocycles. The maximum atomic E-state index is 12.9. The molecule has 0 aliphatic carbocycles. The van der Waals surface area contributed by atoms with Gasteiger partial charge in [-0.3, -0.25) is 0 Å². The van der Waals surface area contributed by atoms with Crippen molar-refractivity contribution in [2.24, 2.45) is 0 Å². The zero-order valence-electron chi connectivity index (χ0n) is 10.5. The first kappa shape index (κ1) is 13.4. The Labute approximate surface area is 105 Å². The molecule has 100 valence electrons. The van der Waals surface area contributed by atoms with Crippen LogP contribution in [-0.4, -0.2) is 12.1 Å². The summed E-state index contributed by atoms with van der Waals surface area (Å²) in [6.07, 6.45) is -0.905. The SMILES string of the molecule is CCCC1(Cc2ccccc2C(F)(F)F)CCN1. The minimum absolute atomic E-state index is 0.115. The average Bonchev–Trinajstić information content (AvgIpc) is 2.25. The second-order valence-corrected chi connectivity index (χ2v) is 5.04. The Hall–Kier alpha value is -1.03. The molecule has 4 heteroatoms. The molecular formula is C14H18F3N. The van der Waals surface area contributed by atoms with Gasteiger partial charge in [0, 0.05) is 5.54 Å². The third-order valence-corrected chi connectivity index (χ3v) is 3.68. The number of hydrogen-bond acceptors (Lipinski definition) is 1. The smallest absolute Gasteiger partial charge is 0.311 e. The van der Waals surface area contributed by atoms with Crippen molar-refractivity contribution in [3.8, 4) is 0 Å². The lowest BCUT2D eigenvalue weighted by Gasteiger charge is -2.44. The minimum Gasteiger partial charge on any atom is -0.311 e. The molecule has 1 unspecified atom stereocenters. The van der Waals surface area contributed by atoms with Crippen LogP contribution in [0.25, 0.3) is 0 Å². The first-order chi connectivity index (χ1) is 8.47. The number of alkyl halides is 3. The van der Waals surface area contributed by atoms with Gasteiger partial charge in [-0.05, 0) is 37.4 Å². The summed E-state index contributed by atoms with van der Waals surface area (Å²) in [5.74, 6) is 0. The lowest BCUT2D eigenvalue weighted by atomic mass is 9.77. The Bertz CT molecular complexity index is 408. The van der Waals surface area contributed by atoms with E-state index < -0.39 is 11.7 Å². The highest BCUT2D eigenvalue weighted by atomic mass is 19.4. The van der Waals surface area contributed by atoms with Crippen molar-refractivity contribution in [1.29, 1.82) is 0 Å². The first-order valence-corrected chi connectivity index (χ1v) is 6.37. The summed E-state index contributed by atoms with van der Waals surface area (Å²) in [5, 5.41) is 3.32. The van der Waals surface area contributed by atoms with E-state index in [1.165, 1.54) is 12.1 Å². The molecule has 1 aromatic rings. The van der Waals surface area contributed by atoms with E-state index in [1.807, 2.05) is 0 Å². The standard InChI is InChI=1S/C14H18F3N/c1-2-7-13(8-9-18-13)10-11-5-3-4-6-12(11)14(15,16)17/h3-6,18H,2,7-10H2,1H3. The number of rotatable bonds is 4. The van der Waals surface area contributed by atoms with Gasteiger partial charge in [-0.25, -0.2) is 0 Å². The summed E-state index contributed by atoms with van der Waals surface area (Å²) in [7, 11) is 0. The monoisotopic (exact) mass is 257 g/mol. The molecule has 2 rings (SSSR count). The van der Waals surface area contributed by atoms with Crippen LogP contribution >= 0.6 is 0 Å². The van der Waals surface area contributed by atoms with Crippen LogP contribution in [0.15, 0.2) is 24.3 Å². The van der Waals surface area contributed by atoms with E-state index in [0.29, 0.717) is 12.0 Å². The molecule has 0 amide bonds. The van der Waals surface area contributed by atoms with Crippen LogP contribution < -0.4 is 5.32 Å². The molecule has 1 fully saturated rings. The van der Waals surface area contributed by atoms with E-state index in [-0.39, 0.29) is 5.54 Å². The zero-order valence-corrected chi connectivity index (χ0v) is 10.5. The molecular weight excluding hydrogens is 239 g/mol. The number of hydrogen-bond donors (Lipinski definition) is 1. The van der Waals surface area contributed by atoms with Gasteiger partial charge in [-0.2, -0.15) is 13.2 Å². The van der Waals surface area contributed by atoms with Crippen molar-refractivity contribution in [2.45, 2.75) is 44.3 Å². The van der Waals surface area contributed by atoms with E-state index in [9.17, 15) is 13.2 Å². The molecule has 1 N–H and O–H groups in total. The van der Waals surface area contributed by atoms with Crippen LogP contribution in [0.2, 0.25) is 0 Å². The second kappa shape index (κ2) is 4.92. The van der Waals surface area contributed by atoms with Crippen molar-refractivity contribution in [1.82, 2.24) is 5.32 Å². The van der Waals surface area contributed by atoms with Crippen molar-refractivity contribution in [3.63, 3.8) is 0 Å². The van der Waals surface area contributed by atoms with Crippen LogP contribution in [0.3, 0.4) is 0 Å². The highest BCUT2D eigenvalue weighted by Crippen LogP contribution is 2.36. The molecule has 0 spiro atoms. The Morgan fingerprint density at radius 3 is 2.44 bits per heavy atom. The topological polar surface area (TPSA) is 12.0 Å². The Morgan fingerprint density at radius 1 is 1.28 bits per heavy atom. The quantitative estimate of drug-likeness (QED) is 0.865. The molecule has 1 nitrogen and oxygen atoms in total. The highest BCUT2D eigenvalue weighted by Gasteiger charge is 2.39. The fourth-order valence-corrected chi connectivity index (χ4v) is 2.73. The van der Waals surface area contributed by atoms with Crippen LogP contribution in [0.1, 0.15) is 37.3 Å². The largest absolute Gasteiger partial charge is 0.416 e. The van der Waals surface area contributed by atoms with Gasteiger partial charge >= 0.3 is 6.18 Å². The number of benzene rings is 1. The summed E-state index contributed by atoms with van der Waals surface area (Å²) in [6.45, 7) is 2.98. The van der Waals surface area contributed by atoms with Crippen LogP contribution in [-0.2, 0) is 12.6 Å². The predicted octanol–water partition coefficient (Wildman–Crippen LogP) is 3.78. The lowest BCUT2D eigenvalue weighted by molar-refractivity contribution is -0.138. The second-order valence-electron chi connectivity index (χ2n) is 5.04. The summed E-state index contributed by atoms with van der Waals surface area (Å²) in [4.78, 5) is 0. The van der Waals surface area contributed by atoms with Gasteiger partial charge in [0.25, 0.3) is 0 Å². The molecule has 1 aromatic carbocycles. The third-order valence-electron chi connectivity index (χ3n) is 3.68. The minimum atomic E-state index is -4.26. The summed E-state index contributed by atoms with van der Waals surface area (Å²) < 4.78 is 38.7. The molecule has 1 aliphatic rings. The number of nitrogens with one attached hydrogen (secondary N) is 1. The van der Waals surface area contributed by atoms with Crippen molar-refractivity contribution >= 4 is 0 Å². The molecule has 1 atom stereocenters. The highest BCUT2D eigenvalue weighted by molar-refractivity contribution is 5.32. The molecule has 18 heavy (non-hydrogen) atoms. The molecule has 1 saturated heterocycles. The molecule has 0 aromatic heterocycles. The van der Waals surface area contributed by atoms with Gasteiger partial charge in [0.05, 0.1) is 5.56 Å². The van der Waals surface area contributed by atoms with Gasteiger partial charge in [0.15, 0.2) is 0 Å². The third kappa shape index (κ3) is 2.69. The first-order valence-electron chi connectivity index (χ1n) is 6.37. The van der Waals surface area contributed by atoms with Gasteiger partial charge in [0.2, 0.25) is 0 Å². The Balaban J connectivity index is 2.23. The molecule has 0 bridgehead atoms. The van der Waals surface area contributed by atoms with Gasteiger partial charge in [0.1, 0.15) is 0 Å². The van der Waals surface area contributed by atoms with Crippen molar-refractivity contribution < 1.29 is 13.2 Å². The van der Waals surface area contributed by atoms with Gasteiger partial charge in [-0.15, -0.1) is 0 Å². The fourth-order valence-electron chi connectivity index (χ4n) is 2.73. The summed E-state index contributed by atoms with van der Waals surface area (Å²) in [6, 6.07) is 5.91. The summed E-state index contributed by atoms with van der Waals surface area (Å²) >= 11 is 0. The Morgan fingerprint density at radius 2 is 1.94 bits per heavy atom. The average molecular weight is 257 g/mol. The van der Waals surface area contributed by atoms with E-state index in [4.69, 9.17) is 0 Å². The maximum absolute atomic E-state index is 12.9. The van der Waals surface area contributed by atoms with Crippen molar-refractivity contribution in [3.05, 3.63) is 35.4 Å². The Kier molecular flexibility index (Phi) is 3.66. The van der Waals surface area contributed by atoms with Crippen LogP contribution in [0, 0.1) is 0 Å². The van der Waals surface area contributed by atoms with E-state index in [0.717, 1.165) is 25.8 Å². The van der Waals surface area contributed by atoms with E-state index in [1.54, 1.807) is 12.1 Å². The van der Waals surface area contributed by atoms with Crippen LogP contribution in [0.5, 0.6) is 0 Å².